The van der Waals surface area contributed by atoms with Crippen molar-refractivity contribution in [3.8, 4) is 0 Å². The van der Waals surface area contributed by atoms with Gasteiger partial charge in [-0.2, -0.15) is 21.6 Å². The van der Waals surface area contributed by atoms with E-state index in [4.69, 9.17) is 0 Å². The summed E-state index contributed by atoms with van der Waals surface area (Å²) in [7, 11) is -4.23. The third kappa shape index (κ3) is 3.28. The zero-order valence-corrected chi connectivity index (χ0v) is 14.7. The lowest BCUT2D eigenvalue weighted by Gasteiger charge is -2.39. The maximum atomic E-state index is 14.1. The topological polar surface area (TPSA) is 78.8 Å². The number of carbonyl (C=O) groups is 1. The number of piperidine rings is 1. The Balaban J connectivity index is 1.85. The second-order valence-corrected chi connectivity index (χ2v) is 8.47. The van der Waals surface area contributed by atoms with Crippen LogP contribution in [0.2, 0.25) is 0 Å². The summed E-state index contributed by atoms with van der Waals surface area (Å²) in [4.78, 5) is 11.9. The second kappa shape index (κ2) is 5.91. The Morgan fingerprint density at radius 2 is 1.93 bits per heavy atom. The SMILES string of the molecule is O=C1CCN(c2cc(F)cc3c2NC(C2CC2)=NS3(=O)=O)[C@H](C(F)(F)F)C1. The molecule has 1 aromatic rings. The Morgan fingerprint density at radius 3 is 2.56 bits per heavy atom. The molecule has 0 radical (unpaired) electrons. The molecule has 0 aromatic heterocycles. The number of nitrogens with one attached hydrogen (secondary N) is 1. The lowest BCUT2D eigenvalue weighted by molar-refractivity contribution is -0.158. The molecule has 0 bridgehead atoms. The van der Waals surface area contributed by atoms with Crippen LogP contribution in [-0.4, -0.2) is 38.8 Å². The molecule has 2 heterocycles. The minimum Gasteiger partial charge on any atom is -0.357 e. The Hall–Kier alpha value is -2.17. The van der Waals surface area contributed by atoms with Gasteiger partial charge in [0.25, 0.3) is 10.0 Å². The number of Topliss-reactive ketones (excluding diaryl/α,β-unsaturated/α-hetero) is 1. The lowest BCUT2D eigenvalue weighted by Crippen LogP contribution is -2.51. The Labute approximate surface area is 152 Å². The van der Waals surface area contributed by atoms with Crippen molar-refractivity contribution < 1.29 is 30.8 Å². The summed E-state index contributed by atoms with van der Waals surface area (Å²) in [6, 6.07) is -0.532. The number of amidine groups is 1. The number of hydrogen-bond donors (Lipinski definition) is 1. The summed E-state index contributed by atoms with van der Waals surface area (Å²) < 4.78 is 83.1. The van der Waals surface area contributed by atoms with Crippen LogP contribution in [0.25, 0.3) is 0 Å². The molecule has 27 heavy (non-hydrogen) atoms. The molecular weight excluding hydrogens is 390 g/mol. The van der Waals surface area contributed by atoms with Crippen LogP contribution in [0.5, 0.6) is 0 Å². The summed E-state index contributed by atoms with van der Waals surface area (Å²) in [5.41, 5.74) is -0.339. The largest absolute Gasteiger partial charge is 0.409 e. The number of halogens is 4. The number of rotatable bonds is 2. The molecule has 2 fully saturated rings. The molecule has 0 spiro atoms. The molecule has 1 saturated carbocycles. The minimum atomic E-state index is -4.73. The van der Waals surface area contributed by atoms with E-state index in [1.807, 2.05) is 0 Å². The lowest BCUT2D eigenvalue weighted by atomic mass is 9.99. The van der Waals surface area contributed by atoms with Gasteiger partial charge in [-0.05, 0) is 25.0 Å². The first-order chi connectivity index (χ1) is 12.6. The number of carbonyl (C=O) groups excluding carboxylic acids is 1. The molecule has 0 amide bonds. The fourth-order valence-corrected chi connectivity index (χ4v) is 4.62. The quantitative estimate of drug-likeness (QED) is 0.766. The van der Waals surface area contributed by atoms with Gasteiger partial charge in [0, 0.05) is 25.3 Å². The van der Waals surface area contributed by atoms with Gasteiger partial charge in [0.1, 0.15) is 28.4 Å². The normalized spacial score (nSPS) is 24.9. The second-order valence-electron chi connectivity index (χ2n) is 6.89. The maximum Gasteiger partial charge on any atom is 0.409 e. The molecule has 2 aliphatic heterocycles. The summed E-state index contributed by atoms with van der Waals surface area (Å²) in [5, 5.41) is 2.80. The zero-order valence-electron chi connectivity index (χ0n) is 13.9. The van der Waals surface area contributed by atoms with Crippen molar-refractivity contribution in [2.45, 2.75) is 42.8 Å². The van der Waals surface area contributed by atoms with Crippen LogP contribution in [0.1, 0.15) is 25.7 Å². The summed E-state index contributed by atoms with van der Waals surface area (Å²) in [6.07, 6.45) is -4.18. The molecule has 3 aliphatic rings. The van der Waals surface area contributed by atoms with Crippen LogP contribution in [0.15, 0.2) is 21.4 Å². The number of sulfonamides is 1. The molecule has 4 rings (SSSR count). The van der Waals surface area contributed by atoms with E-state index in [0.29, 0.717) is 0 Å². The van der Waals surface area contributed by atoms with Gasteiger partial charge in [-0.25, -0.2) is 4.39 Å². The fraction of sp³-hybridized carbons (Fsp3) is 0.500. The summed E-state index contributed by atoms with van der Waals surface area (Å²) in [5.74, 6) is -1.48. The summed E-state index contributed by atoms with van der Waals surface area (Å²) >= 11 is 0. The Kier molecular flexibility index (Phi) is 3.99. The molecule has 1 aliphatic carbocycles. The summed E-state index contributed by atoms with van der Waals surface area (Å²) in [6.45, 7) is -0.281. The van der Waals surface area contributed by atoms with E-state index < -0.39 is 45.2 Å². The fourth-order valence-electron chi connectivity index (χ4n) is 3.40. The van der Waals surface area contributed by atoms with Crippen molar-refractivity contribution in [1.82, 2.24) is 0 Å². The Morgan fingerprint density at radius 1 is 1.22 bits per heavy atom. The van der Waals surface area contributed by atoms with Gasteiger partial charge < -0.3 is 10.2 Å². The van der Waals surface area contributed by atoms with Crippen LogP contribution in [0.4, 0.5) is 28.9 Å². The van der Waals surface area contributed by atoms with E-state index in [9.17, 15) is 30.8 Å². The molecule has 146 valence electrons. The molecule has 6 nitrogen and oxygen atoms in total. The predicted molar refractivity (Wildman–Crippen MR) is 88.8 cm³/mol. The van der Waals surface area contributed by atoms with E-state index >= 15 is 0 Å². The van der Waals surface area contributed by atoms with Crippen molar-refractivity contribution in [1.29, 1.82) is 0 Å². The number of ketones is 1. The molecule has 11 heteroatoms. The van der Waals surface area contributed by atoms with Gasteiger partial charge in [-0.3, -0.25) is 4.79 Å². The number of hydrogen-bond acceptors (Lipinski definition) is 5. The third-order valence-corrected chi connectivity index (χ3v) is 6.19. The van der Waals surface area contributed by atoms with E-state index in [1.165, 1.54) is 0 Å². The van der Waals surface area contributed by atoms with Crippen LogP contribution in [0.3, 0.4) is 0 Å². The van der Waals surface area contributed by atoms with Crippen LogP contribution in [0, 0.1) is 11.7 Å². The first kappa shape index (κ1) is 18.2. The van der Waals surface area contributed by atoms with Gasteiger partial charge in [0.2, 0.25) is 0 Å². The van der Waals surface area contributed by atoms with Gasteiger partial charge in [0.05, 0.1) is 11.4 Å². The molecule has 1 N–H and O–H groups in total. The molecule has 1 aromatic carbocycles. The maximum absolute atomic E-state index is 14.1. The van der Waals surface area contributed by atoms with Crippen LogP contribution < -0.4 is 10.2 Å². The van der Waals surface area contributed by atoms with Crippen molar-refractivity contribution in [3.05, 3.63) is 17.9 Å². The van der Waals surface area contributed by atoms with Crippen molar-refractivity contribution in [2.75, 3.05) is 16.8 Å². The van der Waals surface area contributed by atoms with Crippen LogP contribution in [-0.2, 0) is 14.8 Å². The molecule has 1 saturated heterocycles. The highest BCUT2D eigenvalue weighted by Crippen LogP contribution is 2.44. The van der Waals surface area contributed by atoms with Gasteiger partial charge >= 0.3 is 6.18 Å². The number of nitrogens with zero attached hydrogens (tertiary/aromatic N) is 2. The minimum absolute atomic E-state index is 0.104. The highest BCUT2D eigenvalue weighted by Gasteiger charge is 2.48. The number of anilines is 2. The highest BCUT2D eigenvalue weighted by atomic mass is 32.2. The zero-order chi connectivity index (χ0) is 19.6. The average Bonchev–Trinajstić information content (AvgIpc) is 3.38. The van der Waals surface area contributed by atoms with E-state index in [2.05, 4.69) is 9.71 Å². The Bertz CT molecular complexity index is 954. The van der Waals surface area contributed by atoms with Gasteiger partial charge in [0.15, 0.2) is 0 Å². The highest BCUT2D eigenvalue weighted by molar-refractivity contribution is 7.90. The van der Waals surface area contributed by atoms with Crippen LogP contribution >= 0.6 is 0 Å². The number of alkyl halides is 3. The molecule has 0 unspecified atom stereocenters. The monoisotopic (exact) mass is 405 g/mol. The van der Waals surface area contributed by atoms with Gasteiger partial charge in [-0.15, -0.1) is 4.40 Å². The smallest absolute Gasteiger partial charge is 0.357 e. The van der Waals surface area contributed by atoms with E-state index in [0.717, 1.165) is 29.9 Å². The third-order valence-electron chi connectivity index (χ3n) is 4.88. The van der Waals surface area contributed by atoms with E-state index in [-0.39, 0.29) is 36.1 Å². The average molecular weight is 405 g/mol. The first-order valence-corrected chi connectivity index (χ1v) is 9.81. The predicted octanol–water partition coefficient (Wildman–Crippen LogP) is 2.85. The molecule has 1 atom stereocenters. The van der Waals surface area contributed by atoms with Crippen molar-refractivity contribution in [3.63, 3.8) is 0 Å². The first-order valence-electron chi connectivity index (χ1n) is 8.37. The van der Waals surface area contributed by atoms with Crippen molar-refractivity contribution in [2.24, 2.45) is 10.3 Å². The van der Waals surface area contributed by atoms with Crippen molar-refractivity contribution >= 4 is 33.0 Å². The molecular formula is C16H15F4N3O3S. The standard InChI is InChI=1S/C16H15F4N3O3S/c17-9-5-11(23-4-3-10(24)7-13(23)16(18,19)20)14-12(6-9)27(25,26)22-15(21-14)8-1-2-8/h5-6,8,13H,1-4,7H2,(H,21,22)/t13-/m0/s1. The van der Waals surface area contributed by atoms with E-state index in [1.54, 1.807) is 0 Å². The number of fused-ring (bicyclic) bond motifs is 1. The van der Waals surface area contributed by atoms with Gasteiger partial charge in [-0.1, -0.05) is 0 Å². The number of benzene rings is 1.